The Labute approximate surface area is 133 Å². The Morgan fingerprint density at radius 1 is 1.14 bits per heavy atom. The Hall–Kier alpha value is -1.39. The van der Waals surface area contributed by atoms with Gasteiger partial charge >= 0.3 is 0 Å². The molecule has 4 heteroatoms. The van der Waals surface area contributed by atoms with Gasteiger partial charge in [0.2, 0.25) is 0 Å². The van der Waals surface area contributed by atoms with E-state index < -0.39 is 5.60 Å². The molecule has 0 fully saturated rings. The second-order valence-electron chi connectivity index (χ2n) is 5.95. The van der Waals surface area contributed by atoms with Crippen molar-refractivity contribution in [2.24, 2.45) is 4.99 Å². The first-order valence-electron chi connectivity index (χ1n) is 8.10. The van der Waals surface area contributed by atoms with E-state index in [4.69, 9.17) is 9.84 Å². The van der Waals surface area contributed by atoms with E-state index in [1.54, 1.807) is 13.8 Å². The van der Waals surface area contributed by atoms with Crippen LogP contribution in [0.15, 0.2) is 29.3 Å². The van der Waals surface area contributed by atoms with Gasteiger partial charge in [-0.1, -0.05) is 26.2 Å². The van der Waals surface area contributed by atoms with E-state index in [0.717, 1.165) is 18.5 Å². The van der Waals surface area contributed by atoms with Gasteiger partial charge in [0, 0.05) is 6.54 Å². The molecule has 124 valence electrons. The quantitative estimate of drug-likeness (QED) is 0.515. The van der Waals surface area contributed by atoms with E-state index in [9.17, 15) is 5.11 Å². The average molecular weight is 307 g/mol. The lowest BCUT2D eigenvalue weighted by atomic mass is 9.95. The molecule has 0 aromatic heterocycles. The summed E-state index contributed by atoms with van der Waals surface area (Å²) in [5, 5.41) is 19.1. The number of aliphatic imine (C=N–C) groups is 1. The lowest BCUT2D eigenvalue weighted by molar-refractivity contribution is 0.154. The summed E-state index contributed by atoms with van der Waals surface area (Å²) >= 11 is 0. The lowest BCUT2D eigenvalue weighted by Gasteiger charge is -2.21. The van der Waals surface area contributed by atoms with E-state index in [1.165, 1.54) is 19.3 Å². The summed E-state index contributed by atoms with van der Waals surface area (Å²) < 4.78 is 5.35. The topological polar surface area (TPSA) is 62.0 Å². The van der Waals surface area contributed by atoms with Crippen LogP contribution in [-0.4, -0.2) is 41.3 Å². The zero-order chi connectivity index (χ0) is 16.4. The Balaban J connectivity index is 2.77. The summed E-state index contributed by atoms with van der Waals surface area (Å²) in [5.74, 6) is 0.704. The fourth-order valence-electron chi connectivity index (χ4n) is 2.24. The SMILES string of the molecule is CCCCCCN=C(c1ccc(OCCO)cc1)C(C)(C)O. The van der Waals surface area contributed by atoms with Crippen molar-refractivity contribution < 1.29 is 14.9 Å². The molecule has 0 aliphatic rings. The molecule has 1 aromatic carbocycles. The third-order valence-electron chi connectivity index (χ3n) is 3.35. The van der Waals surface area contributed by atoms with Crippen LogP contribution in [0, 0.1) is 0 Å². The molecule has 0 aliphatic carbocycles. The van der Waals surface area contributed by atoms with Gasteiger partial charge in [0.25, 0.3) is 0 Å². The molecule has 0 saturated carbocycles. The predicted molar refractivity (Wildman–Crippen MR) is 90.9 cm³/mol. The van der Waals surface area contributed by atoms with E-state index in [2.05, 4.69) is 11.9 Å². The molecule has 1 rings (SSSR count). The highest BCUT2D eigenvalue weighted by Gasteiger charge is 2.22. The fraction of sp³-hybridized carbons (Fsp3) is 0.611. The van der Waals surface area contributed by atoms with E-state index in [-0.39, 0.29) is 13.2 Å². The maximum atomic E-state index is 10.3. The molecule has 0 heterocycles. The highest BCUT2D eigenvalue weighted by atomic mass is 16.5. The van der Waals surface area contributed by atoms with Gasteiger partial charge in [-0.05, 0) is 50.1 Å². The summed E-state index contributed by atoms with van der Waals surface area (Å²) in [6.07, 6.45) is 4.65. The van der Waals surface area contributed by atoms with Gasteiger partial charge in [-0.2, -0.15) is 0 Å². The van der Waals surface area contributed by atoms with Crippen molar-refractivity contribution >= 4 is 5.71 Å². The molecule has 2 N–H and O–H groups in total. The van der Waals surface area contributed by atoms with Crippen molar-refractivity contribution in [1.82, 2.24) is 0 Å². The number of ether oxygens (including phenoxy) is 1. The second-order valence-corrected chi connectivity index (χ2v) is 5.95. The Morgan fingerprint density at radius 2 is 1.82 bits per heavy atom. The molecule has 1 aromatic rings. The van der Waals surface area contributed by atoms with Crippen LogP contribution < -0.4 is 4.74 Å². The van der Waals surface area contributed by atoms with Crippen molar-refractivity contribution in [3.8, 4) is 5.75 Å². The highest BCUT2D eigenvalue weighted by molar-refractivity contribution is 6.06. The minimum Gasteiger partial charge on any atom is -0.491 e. The van der Waals surface area contributed by atoms with Crippen LogP contribution in [0.25, 0.3) is 0 Å². The van der Waals surface area contributed by atoms with E-state index >= 15 is 0 Å². The van der Waals surface area contributed by atoms with Crippen molar-refractivity contribution in [2.75, 3.05) is 19.8 Å². The predicted octanol–water partition coefficient (Wildman–Crippen LogP) is 3.20. The van der Waals surface area contributed by atoms with Gasteiger partial charge in [-0.25, -0.2) is 0 Å². The number of rotatable bonds is 10. The van der Waals surface area contributed by atoms with Crippen molar-refractivity contribution in [3.63, 3.8) is 0 Å². The Morgan fingerprint density at radius 3 is 2.36 bits per heavy atom. The monoisotopic (exact) mass is 307 g/mol. The number of aliphatic hydroxyl groups is 2. The molecule has 22 heavy (non-hydrogen) atoms. The molecule has 0 aliphatic heterocycles. The fourth-order valence-corrected chi connectivity index (χ4v) is 2.24. The van der Waals surface area contributed by atoms with Crippen LogP contribution >= 0.6 is 0 Å². The van der Waals surface area contributed by atoms with Gasteiger partial charge in [0.05, 0.1) is 12.3 Å². The summed E-state index contributed by atoms with van der Waals surface area (Å²) in [7, 11) is 0. The Kier molecular flexibility index (Phi) is 8.13. The van der Waals surface area contributed by atoms with E-state index in [1.807, 2.05) is 24.3 Å². The molecule has 0 spiro atoms. The third kappa shape index (κ3) is 6.58. The maximum Gasteiger partial charge on any atom is 0.119 e. The van der Waals surface area contributed by atoms with Crippen LogP contribution in [-0.2, 0) is 0 Å². The van der Waals surface area contributed by atoms with Gasteiger partial charge in [-0.15, -0.1) is 0 Å². The highest BCUT2D eigenvalue weighted by Crippen LogP contribution is 2.18. The van der Waals surface area contributed by atoms with Gasteiger partial charge < -0.3 is 14.9 Å². The lowest BCUT2D eigenvalue weighted by Crippen LogP contribution is -2.32. The molecule has 0 saturated heterocycles. The average Bonchev–Trinajstić information content (AvgIpc) is 2.48. The third-order valence-corrected chi connectivity index (χ3v) is 3.35. The summed E-state index contributed by atoms with van der Waals surface area (Å²) in [4.78, 5) is 4.61. The van der Waals surface area contributed by atoms with Crippen molar-refractivity contribution in [1.29, 1.82) is 0 Å². The molecule has 0 radical (unpaired) electrons. The molecule has 0 atom stereocenters. The number of nitrogens with zero attached hydrogens (tertiary/aromatic N) is 1. The smallest absolute Gasteiger partial charge is 0.119 e. The van der Waals surface area contributed by atoms with E-state index in [0.29, 0.717) is 11.5 Å². The Bertz CT molecular complexity index is 446. The number of benzene rings is 1. The molecular weight excluding hydrogens is 278 g/mol. The number of unbranched alkanes of at least 4 members (excludes halogenated alkanes) is 3. The molecule has 0 bridgehead atoms. The van der Waals surface area contributed by atoms with Gasteiger partial charge in [-0.3, -0.25) is 4.99 Å². The number of hydrogen-bond donors (Lipinski definition) is 2. The summed E-state index contributed by atoms with van der Waals surface area (Å²) in [5.41, 5.74) is 0.634. The minimum atomic E-state index is -0.974. The number of hydrogen-bond acceptors (Lipinski definition) is 4. The normalized spacial score (nSPS) is 12.5. The standard InChI is InChI=1S/C18H29NO3/c1-4-5-6-7-12-19-17(18(2,3)21)15-8-10-16(11-9-15)22-14-13-20/h8-11,20-21H,4-7,12-14H2,1-3H3. The maximum absolute atomic E-state index is 10.3. The van der Waals surface area contributed by atoms with Crippen molar-refractivity contribution in [3.05, 3.63) is 29.8 Å². The van der Waals surface area contributed by atoms with Crippen LogP contribution in [0.5, 0.6) is 5.75 Å². The first kappa shape index (κ1) is 18.7. The second kappa shape index (κ2) is 9.59. The van der Waals surface area contributed by atoms with Crippen LogP contribution in [0.4, 0.5) is 0 Å². The molecule has 0 unspecified atom stereocenters. The summed E-state index contributed by atoms with van der Waals surface area (Å²) in [6.45, 7) is 6.72. The summed E-state index contributed by atoms with van der Waals surface area (Å²) in [6, 6.07) is 7.47. The largest absolute Gasteiger partial charge is 0.491 e. The van der Waals surface area contributed by atoms with Crippen LogP contribution in [0.3, 0.4) is 0 Å². The van der Waals surface area contributed by atoms with Gasteiger partial charge in [0.15, 0.2) is 0 Å². The van der Waals surface area contributed by atoms with Crippen LogP contribution in [0.2, 0.25) is 0 Å². The molecule has 0 amide bonds. The molecule has 4 nitrogen and oxygen atoms in total. The zero-order valence-corrected chi connectivity index (χ0v) is 14.0. The number of aliphatic hydroxyl groups excluding tert-OH is 1. The molecular formula is C18H29NO3. The first-order chi connectivity index (χ1) is 10.5. The van der Waals surface area contributed by atoms with Gasteiger partial charge in [0.1, 0.15) is 18.0 Å². The zero-order valence-electron chi connectivity index (χ0n) is 14.0. The van der Waals surface area contributed by atoms with Crippen LogP contribution in [0.1, 0.15) is 52.0 Å². The van der Waals surface area contributed by atoms with Crippen molar-refractivity contribution in [2.45, 2.75) is 52.1 Å². The first-order valence-corrected chi connectivity index (χ1v) is 8.10. The minimum absolute atomic E-state index is 0.00408.